The van der Waals surface area contributed by atoms with Crippen molar-refractivity contribution in [2.24, 2.45) is 0 Å². The number of anilines is 1. The first kappa shape index (κ1) is 27.6. The van der Waals surface area contributed by atoms with Gasteiger partial charge in [0.25, 0.3) is 11.8 Å². The van der Waals surface area contributed by atoms with Gasteiger partial charge in [-0.25, -0.2) is 0 Å². The highest BCUT2D eigenvalue weighted by molar-refractivity contribution is 14.1. The van der Waals surface area contributed by atoms with E-state index in [0.29, 0.717) is 41.7 Å². The summed E-state index contributed by atoms with van der Waals surface area (Å²) in [5.41, 5.74) is 2.14. The van der Waals surface area contributed by atoms with Crippen molar-refractivity contribution in [3.63, 3.8) is 0 Å². The lowest BCUT2D eigenvalue weighted by Crippen LogP contribution is -2.54. The van der Waals surface area contributed by atoms with Gasteiger partial charge in [0, 0.05) is 0 Å². The lowest BCUT2D eigenvalue weighted by molar-refractivity contribution is -0.122. The maximum Gasteiger partial charge on any atom is 0.270 e. The number of carbonyl (C=O) groups is 2. The van der Waals surface area contributed by atoms with E-state index in [2.05, 4.69) is 46.1 Å². The van der Waals surface area contributed by atoms with Gasteiger partial charge in [0.1, 0.15) is 17.9 Å². The zero-order chi connectivity index (χ0) is 28.2. The van der Waals surface area contributed by atoms with Crippen LogP contribution in [0, 0.1) is 3.57 Å². The molecule has 1 saturated heterocycles. The van der Waals surface area contributed by atoms with Crippen LogP contribution < -0.4 is 24.4 Å². The van der Waals surface area contributed by atoms with Gasteiger partial charge < -0.3 is 14.2 Å². The van der Waals surface area contributed by atoms with E-state index in [1.165, 1.54) is 11.0 Å². The van der Waals surface area contributed by atoms with Gasteiger partial charge in [-0.2, -0.15) is 0 Å². The van der Waals surface area contributed by atoms with Crippen molar-refractivity contribution in [1.29, 1.82) is 0 Å². The number of rotatable bonds is 8. The number of nitrogens with one attached hydrogen (secondary N) is 1. The second kappa shape index (κ2) is 12.1. The molecular weight excluding hydrogens is 639 g/mol. The Bertz CT molecular complexity index is 1650. The van der Waals surface area contributed by atoms with Crippen LogP contribution in [0.2, 0.25) is 0 Å². The zero-order valence-corrected chi connectivity index (χ0v) is 24.7. The molecule has 40 heavy (non-hydrogen) atoms. The van der Waals surface area contributed by atoms with Crippen LogP contribution in [0.25, 0.3) is 16.8 Å². The Hall–Kier alpha value is -3.96. The molecule has 0 radical (unpaired) electrons. The summed E-state index contributed by atoms with van der Waals surface area (Å²) < 4.78 is 18.2. The number of methoxy groups -OCH3 is 1. The monoisotopic (exact) mass is 664 g/mol. The van der Waals surface area contributed by atoms with Gasteiger partial charge in [-0.3, -0.25) is 19.8 Å². The molecule has 0 atom stereocenters. The Morgan fingerprint density at radius 2 is 1.73 bits per heavy atom. The van der Waals surface area contributed by atoms with E-state index in [9.17, 15) is 9.59 Å². The quantitative estimate of drug-likeness (QED) is 0.104. The molecule has 0 aromatic heterocycles. The number of nitrogens with zero attached hydrogens (tertiary/aromatic N) is 1. The highest BCUT2D eigenvalue weighted by Crippen LogP contribution is 2.36. The van der Waals surface area contributed by atoms with E-state index in [4.69, 9.17) is 26.4 Å². The Morgan fingerprint density at radius 3 is 2.48 bits per heavy atom. The Balaban J connectivity index is 1.45. The fourth-order valence-corrected chi connectivity index (χ4v) is 5.49. The number of hydrogen-bond donors (Lipinski definition) is 1. The fraction of sp³-hybridized carbons (Fsp3) is 0.129. The molecule has 1 aliphatic rings. The van der Waals surface area contributed by atoms with Crippen LogP contribution in [-0.2, 0) is 16.2 Å². The summed E-state index contributed by atoms with van der Waals surface area (Å²) in [6, 6.07) is 24.8. The predicted molar refractivity (Wildman–Crippen MR) is 168 cm³/mol. The summed E-state index contributed by atoms with van der Waals surface area (Å²) in [5.74, 6) is 0.664. The minimum atomic E-state index is -0.566. The first-order chi connectivity index (χ1) is 19.4. The van der Waals surface area contributed by atoms with Crippen LogP contribution in [0.15, 0.2) is 84.4 Å². The van der Waals surface area contributed by atoms with Gasteiger partial charge in [-0.1, -0.05) is 42.5 Å². The molecule has 0 saturated carbocycles. The largest absolute Gasteiger partial charge is 0.497 e. The molecule has 1 heterocycles. The summed E-state index contributed by atoms with van der Waals surface area (Å²) in [6.07, 6.45) is 1.54. The van der Waals surface area contributed by atoms with E-state index in [1.54, 1.807) is 37.4 Å². The number of benzene rings is 4. The van der Waals surface area contributed by atoms with E-state index < -0.39 is 11.8 Å². The number of halogens is 1. The van der Waals surface area contributed by atoms with Gasteiger partial charge in [0.2, 0.25) is 0 Å². The highest BCUT2D eigenvalue weighted by Gasteiger charge is 2.34. The van der Waals surface area contributed by atoms with Crippen molar-refractivity contribution in [1.82, 2.24) is 5.32 Å². The molecule has 1 N–H and O–H groups in total. The van der Waals surface area contributed by atoms with Crippen molar-refractivity contribution in [3.8, 4) is 17.2 Å². The lowest BCUT2D eigenvalue weighted by atomic mass is 10.1. The predicted octanol–water partition coefficient (Wildman–Crippen LogP) is 6.26. The Labute approximate surface area is 250 Å². The van der Waals surface area contributed by atoms with Crippen molar-refractivity contribution in [3.05, 3.63) is 99.1 Å². The molecule has 202 valence electrons. The molecule has 4 aromatic rings. The van der Waals surface area contributed by atoms with Gasteiger partial charge >= 0.3 is 0 Å². The number of amides is 2. The molecule has 1 fully saturated rings. The van der Waals surface area contributed by atoms with Crippen LogP contribution in [0.4, 0.5) is 5.69 Å². The second-order valence-electron chi connectivity index (χ2n) is 8.85. The molecule has 0 unspecified atom stereocenters. The van der Waals surface area contributed by atoms with Crippen molar-refractivity contribution < 1.29 is 23.8 Å². The average molecular weight is 665 g/mol. The van der Waals surface area contributed by atoms with Crippen molar-refractivity contribution in [2.75, 3.05) is 18.6 Å². The molecular formula is C31H25IN2O5S. The minimum Gasteiger partial charge on any atom is -0.497 e. The third-order valence-electron chi connectivity index (χ3n) is 6.33. The normalized spacial score (nSPS) is 14.4. The molecule has 1 aliphatic heterocycles. The van der Waals surface area contributed by atoms with Crippen LogP contribution >= 0.6 is 34.8 Å². The van der Waals surface area contributed by atoms with Gasteiger partial charge in [-0.05, 0) is 106 Å². The molecule has 0 spiro atoms. The van der Waals surface area contributed by atoms with Crippen LogP contribution in [-0.4, -0.2) is 30.6 Å². The summed E-state index contributed by atoms with van der Waals surface area (Å²) in [7, 11) is 1.56. The third kappa shape index (κ3) is 5.66. The standard InChI is InChI=1S/C31H25IN2O5S/c1-3-38-27-17-19(16-26(32)28(27)39-18-21-9-6-8-20-7-4-5-10-24(20)21)15-25-29(35)33-31(40)34(30(25)36)22-11-13-23(37-2)14-12-22/h4-17H,3,18H2,1-2H3,(H,33,35,40)/b25-15-. The lowest BCUT2D eigenvalue weighted by Gasteiger charge is -2.29. The van der Waals surface area contributed by atoms with E-state index in [1.807, 2.05) is 37.3 Å². The summed E-state index contributed by atoms with van der Waals surface area (Å²) in [5, 5.41) is 4.90. The fourth-order valence-electron chi connectivity index (χ4n) is 4.43. The summed E-state index contributed by atoms with van der Waals surface area (Å²) in [4.78, 5) is 27.6. The second-order valence-corrected chi connectivity index (χ2v) is 10.4. The summed E-state index contributed by atoms with van der Waals surface area (Å²) >= 11 is 7.49. The first-order valence-electron chi connectivity index (χ1n) is 12.5. The third-order valence-corrected chi connectivity index (χ3v) is 7.41. The van der Waals surface area contributed by atoms with Gasteiger partial charge in [0.05, 0.1) is 23.0 Å². The topological polar surface area (TPSA) is 77.1 Å². The maximum absolute atomic E-state index is 13.5. The molecule has 9 heteroatoms. The molecule has 2 amide bonds. The molecule has 5 rings (SSSR count). The first-order valence-corrected chi connectivity index (χ1v) is 14.0. The average Bonchev–Trinajstić information content (AvgIpc) is 2.95. The number of carbonyl (C=O) groups excluding carboxylic acids is 2. The minimum absolute atomic E-state index is 0.0130. The Kier molecular flexibility index (Phi) is 8.32. The van der Waals surface area contributed by atoms with Crippen LogP contribution in [0.3, 0.4) is 0 Å². The molecule has 0 bridgehead atoms. The molecule has 7 nitrogen and oxygen atoms in total. The van der Waals surface area contributed by atoms with E-state index in [-0.39, 0.29) is 10.7 Å². The number of thiocarbonyl (C=S) groups is 1. The van der Waals surface area contributed by atoms with Crippen LogP contribution in [0.1, 0.15) is 18.1 Å². The molecule has 0 aliphatic carbocycles. The smallest absolute Gasteiger partial charge is 0.270 e. The number of fused-ring (bicyclic) bond motifs is 1. The SMILES string of the molecule is CCOc1cc(/C=C2/C(=O)NC(=S)N(c3ccc(OC)cc3)C2=O)cc(I)c1OCc1cccc2ccccc12. The molecule has 4 aromatic carbocycles. The van der Waals surface area contributed by atoms with Gasteiger partial charge in [-0.15, -0.1) is 0 Å². The van der Waals surface area contributed by atoms with Crippen LogP contribution in [0.5, 0.6) is 17.2 Å². The maximum atomic E-state index is 13.5. The zero-order valence-electron chi connectivity index (χ0n) is 21.8. The van der Waals surface area contributed by atoms with E-state index in [0.717, 1.165) is 19.9 Å². The number of hydrogen-bond acceptors (Lipinski definition) is 6. The van der Waals surface area contributed by atoms with Gasteiger partial charge in [0.15, 0.2) is 16.6 Å². The Morgan fingerprint density at radius 1 is 0.975 bits per heavy atom. The van der Waals surface area contributed by atoms with Crippen molar-refractivity contribution >= 4 is 74.3 Å². The van der Waals surface area contributed by atoms with Crippen molar-refractivity contribution in [2.45, 2.75) is 13.5 Å². The number of ether oxygens (including phenoxy) is 3. The highest BCUT2D eigenvalue weighted by atomic mass is 127. The summed E-state index contributed by atoms with van der Waals surface area (Å²) in [6.45, 7) is 2.66. The van der Waals surface area contributed by atoms with E-state index >= 15 is 0 Å².